The minimum absolute atomic E-state index is 0.0738. The standard InChI is InChI=1S/C42H54O16.C12H22O6.C8H4Cl2O2/c1-27-13-11-14-29(21-27)36(48)52-24-33(45)56-41(7,8)19-20-42(9,10)58-35(47)26-54-38(50)31-16-12-15-30(22-31)37(49)53-25-34(46)57-40(5,6)18-17-39(3,4)55-32(44)23-51-28(2)43;1-11(2,17-9(15)7-13)5-6-12(3,4)18-10(16)8-14;9-7(11)5-2-1-3-6(4-5)8(10)12/h11-16,21-22H,17-20,23-26H2,1-10H3;13-14H,5-8H2,1-4H3;1-4H. The maximum atomic E-state index is 12.7. The van der Waals surface area contributed by atoms with Crippen LogP contribution in [0.25, 0.3) is 0 Å². The number of carbonyl (C=O) groups excluding carboxylic acids is 12. The van der Waals surface area contributed by atoms with Crippen molar-refractivity contribution in [1.82, 2.24) is 0 Å². The molecule has 0 aliphatic rings. The van der Waals surface area contributed by atoms with Crippen molar-refractivity contribution in [2.45, 2.75) is 169 Å². The Morgan fingerprint density at radius 2 is 0.580 bits per heavy atom. The van der Waals surface area contributed by atoms with Crippen molar-refractivity contribution >= 4 is 93.4 Å². The molecule has 0 amide bonds. The van der Waals surface area contributed by atoms with E-state index in [1.807, 2.05) is 13.0 Å². The van der Waals surface area contributed by atoms with Gasteiger partial charge in [0.05, 0.1) is 16.7 Å². The molecule has 0 atom stereocenters. The molecule has 2 N–H and O–H groups in total. The number of aliphatic hydroxyl groups is 2. The van der Waals surface area contributed by atoms with Gasteiger partial charge in [-0.15, -0.1) is 0 Å². The zero-order valence-electron chi connectivity index (χ0n) is 52.0. The molecule has 3 aromatic rings. The molecule has 0 saturated carbocycles. The molecule has 3 aromatic carbocycles. The first-order chi connectivity index (χ1) is 40.5. The normalized spacial score (nSPS) is 11.5. The number of hydrogen-bond acceptors (Lipinski definition) is 24. The smallest absolute Gasteiger partial charge is 0.344 e. The van der Waals surface area contributed by atoms with Crippen molar-refractivity contribution in [2.24, 2.45) is 0 Å². The van der Waals surface area contributed by atoms with E-state index in [0.29, 0.717) is 18.4 Å². The number of carbonyl (C=O) groups is 12. The molecule has 0 aliphatic heterocycles. The second-order valence-electron chi connectivity index (χ2n) is 23.3. The molecule has 0 bridgehead atoms. The predicted octanol–water partition coefficient (Wildman–Crippen LogP) is 8.42. The van der Waals surface area contributed by atoms with Crippen molar-refractivity contribution in [3.63, 3.8) is 0 Å². The molecule has 3 rings (SSSR count). The second-order valence-corrected chi connectivity index (χ2v) is 24.0. The minimum Gasteiger partial charge on any atom is -0.458 e. The first-order valence-corrected chi connectivity index (χ1v) is 28.1. The van der Waals surface area contributed by atoms with Gasteiger partial charge >= 0.3 is 59.7 Å². The maximum Gasteiger partial charge on any atom is 0.344 e. The Balaban J connectivity index is 0.00000104. The highest BCUT2D eigenvalue weighted by Gasteiger charge is 2.33. The Labute approximate surface area is 521 Å². The topological polar surface area (TPSA) is 338 Å². The van der Waals surface area contributed by atoms with Gasteiger partial charge in [0.1, 0.15) is 46.8 Å². The Bertz CT molecular complexity index is 2880. The van der Waals surface area contributed by atoms with Gasteiger partial charge in [-0.05, 0) is 188 Å². The highest BCUT2D eigenvalue weighted by Crippen LogP contribution is 2.28. The average molecular weight is 1280 g/mol. The van der Waals surface area contributed by atoms with Gasteiger partial charge in [0.2, 0.25) is 0 Å². The summed E-state index contributed by atoms with van der Waals surface area (Å²) in [5.74, 6) is -7.68. The van der Waals surface area contributed by atoms with Crippen molar-refractivity contribution < 1.29 is 115 Å². The molecule has 0 spiro atoms. The number of halogens is 2. The van der Waals surface area contributed by atoms with Crippen LogP contribution < -0.4 is 0 Å². The van der Waals surface area contributed by atoms with Gasteiger partial charge in [-0.2, -0.15) is 0 Å². The fourth-order valence-corrected chi connectivity index (χ4v) is 7.47. The van der Waals surface area contributed by atoms with Crippen molar-refractivity contribution in [2.75, 3.05) is 39.6 Å². The largest absolute Gasteiger partial charge is 0.458 e. The van der Waals surface area contributed by atoms with Gasteiger partial charge in [0.25, 0.3) is 10.5 Å². The monoisotopic (exact) mass is 1280 g/mol. The van der Waals surface area contributed by atoms with Crippen LogP contribution in [0.15, 0.2) is 72.8 Å². The van der Waals surface area contributed by atoms with Crippen molar-refractivity contribution in [1.29, 1.82) is 0 Å². The molecule has 486 valence electrons. The van der Waals surface area contributed by atoms with Crippen LogP contribution in [0.4, 0.5) is 0 Å². The Kier molecular flexibility index (Phi) is 31.9. The van der Waals surface area contributed by atoms with E-state index in [1.165, 1.54) is 49.4 Å². The molecule has 0 unspecified atom stereocenters. The summed E-state index contributed by atoms with van der Waals surface area (Å²) in [5, 5.41) is 16.0. The Morgan fingerprint density at radius 1 is 0.352 bits per heavy atom. The molecular formula is C62H80Cl2O24. The first-order valence-electron chi connectivity index (χ1n) is 27.3. The van der Waals surface area contributed by atoms with Crippen LogP contribution in [0.1, 0.15) is 186 Å². The lowest BCUT2D eigenvalue weighted by Crippen LogP contribution is -2.36. The van der Waals surface area contributed by atoms with Gasteiger partial charge < -0.3 is 57.6 Å². The van der Waals surface area contributed by atoms with E-state index in [9.17, 15) is 57.5 Å². The van der Waals surface area contributed by atoms with Crippen LogP contribution in [0.5, 0.6) is 0 Å². The van der Waals surface area contributed by atoms with Crippen LogP contribution in [-0.2, 0) is 80.9 Å². The molecule has 24 nitrogen and oxygen atoms in total. The third-order valence-electron chi connectivity index (χ3n) is 11.8. The number of aliphatic hydroxyl groups excluding tert-OH is 2. The lowest BCUT2D eigenvalue weighted by molar-refractivity contribution is -0.170. The van der Waals surface area contributed by atoms with E-state index in [1.54, 1.807) is 107 Å². The van der Waals surface area contributed by atoms with Crippen molar-refractivity contribution in [3.05, 3.63) is 106 Å². The lowest BCUT2D eigenvalue weighted by atomic mass is 9.94. The van der Waals surface area contributed by atoms with Gasteiger partial charge in [0.15, 0.2) is 26.4 Å². The molecule has 0 saturated heterocycles. The summed E-state index contributed by atoms with van der Waals surface area (Å²) in [5.41, 5.74) is -3.98. The van der Waals surface area contributed by atoms with Crippen LogP contribution in [0.3, 0.4) is 0 Å². The van der Waals surface area contributed by atoms with Gasteiger partial charge in [-0.1, -0.05) is 42.0 Å². The number of benzene rings is 3. The Hall–Kier alpha value is -7.80. The SMILES string of the molecule is CC(=O)OCC(=O)OC(C)(C)CCC(C)(C)OC(=O)COC(=O)c1cccc(C(=O)OCC(=O)OC(C)(C)CCC(C)(C)OC(=O)COC(=O)c2cccc(C)c2)c1.CC(C)(CCC(C)(C)OC(=O)CO)OC(=O)CO.O=C(Cl)c1cccc(C(=O)Cl)c1. The van der Waals surface area contributed by atoms with E-state index >= 15 is 0 Å². The van der Waals surface area contributed by atoms with Gasteiger partial charge in [0, 0.05) is 18.1 Å². The summed E-state index contributed by atoms with van der Waals surface area (Å²) in [6.45, 7) is 19.1. The molecule has 88 heavy (non-hydrogen) atoms. The quantitative estimate of drug-likeness (QED) is 0.0359. The van der Waals surface area contributed by atoms with Gasteiger partial charge in [-0.3, -0.25) is 14.4 Å². The van der Waals surface area contributed by atoms with E-state index in [2.05, 4.69) is 4.74 Å². The molecule has 0 aliphatic carbocycles. The third kappa shape index (κ3) is 33.9. The third-order valence-corrected chi connectivity index (χ3v) is 12.3. The Morgan fingerprint density at radius 3 is 0.830 bits per heavy atom. The first kappa shape index (κ1) is 78.2. The zero-order valence-corrected chi connectivity index (χ0v) is 53.6. The molecular weight excluding hydrogens is 1200 g/mol. The molecule has 0 fully saturated rings. The minimum atomic E-state index is -1.05. The summed E-state index contributed by atoms with van der Waals surface area (Å²) >= 11 is 10.4. The molecule has 0 heterocycles. The van der Waals surface area contributed by atoms with E-state index in [4.69, 9.17) is 76.0 Å². The zero-order chi connectivity index (χ0) is 67.4. The van der Waals surface area contributed by atoms with Crippen LogP contribution >= 0.6 is 23.2 Å². The number of esters is 10. The fraction of sp³-hybridized carbons (Fsp3) is 0.516. The molecule has 0 radical (unpaired) electrons. The summed E-state index contributed by atoms with van der Waals surface area (Å²) in [6, 6.07) is 17.9. The van der Waals surface area contributed by atoms with E-state index < -0.39 is 143 Å². The lowest BCUT2D eigenvalue weighted by Gasteiger charge is -2.31. The van der Waals surface area contributed by atoms with Crippen LogP contribution in [0.2, 0.25) is 0 Å². The fourth-order valence-electron chi connectivity index (χ4n) is 7.24. The van der Waals surface area contributed by atoms with Gasteiger partial charge in [-0.25, -0.2) is 43.2 Å². The predicted molar refractivity (Wildman–Crippen MR) is 315 cm³/mol. The summed E-state index contributed by atoms with van der Waals surface area (Å²) in [4.78, 5) is 141. The number of ether oxygens (including phenoxy) is 10. The van der Waals surface area contributed by atoms with Crippen molar-refractivity contribution in [3.8, 4) is 0 Å². The summed E-state index contributed by atoms with van der Waals surface area (Å²) in [7, 11) is 0. The highest BCUT2D eigenvalue weighted by molar-refractivity contribution is 6.69. The summed E-state index contributed by atoms with van der Waals surface area (Å²) < 4.78 is 51.7. The second kappa shape index (κ2) is 35.9. The van der Waals surface area contributed by atoms with E-state index in [-0.39, 0.29) is 47.9 Å². The summed E-state index contributed by atoms with van der Waals surface area (Å²) in [6.07, 6.45) is 1.99. The maximum absolute atomic E-state index is 12.7. The number of aryl methyl sites for hydroxylation is 1. The highest BCUT2D eigenvalue weighted by atomic mass is 35.5. The average Bonchev–Trinajstić information content (AvgIpc) is 3.60. The van der Waals surface area contributed by atoms with Crippen LogP contribution in [0, 0.1) is 6.92 Å². The number of rotatable bonds is 30. The van der Waals surface area contributed by atoms with Crippen LogP contribution in [-0.4, -0.2) is 154 Å². The number of hydrogen-bond donors (Lipinski definition) is 2. The molecule has 0 aromatic heterocycles. The van der Waals surface area contributed by atoms with E-state index in [0.717, 1.165) is 5.56 Å². The molecule has 26 heteroatoms.